The highest BCUT2D eigenvalue weighted by Crippen LogP contribution is 2.25. The van der Waals surface area contributed by atoms with Crippen molar-refractivity contribution in [2.75, 3.05) is 11.1 Å². The SMILES string of the molecule is Cn1c(SCC(=O)c2ccc(NC(=O)C(C)(C)C)cc2)nnc1-c1ccc(Cl)cc1. The molecule has 1 aromatic heterocycles. The third kappa shape index (κ3) is 5.29. The van der Waals surface area contributed by atoms with Crippen LogP contribution in [0, 0.1) is 5.41 Å². The lowest BCUT2D eigenvalue weighted by Gasteiger charge is -2.17. The number of carbonyl (C=O) groups excluding carboxylic acids is 2. The molecular formula is C22H23ClN4O2S. The monoisotopic (exact) mass is 442 g/mol. The van der Waals surface area contributed by atoms with Crippen molar-refractivity contribution < 1.29 is 9.59 Å². The van der Waals surface area contributed by atoms with Gasteiger partial charge in [0.25, 0.3) is 0 Å². The minimum Gasteiger partial charge on any atom is -0.326 e. The number of anilines is 1. The van der Waals surface area contributed by atoms with Crippen LogP contribution in [0.25, 0.3) is 11.4 Å². The number of halogens is 1. The molecule has 1 heterocycles. The van der Waals surface area contributed by atoms with Crippen molar-refractivity contribution in [1.82, 2.24) is 14.8 Å². The fourth-order valence-electron chi connectivity index (χ4n) is 2.56. The van der Waals surface area contributed by atoms with Gasteiger partial charge in [-0.15, -0.1) is 10.2 Å². The fourth-order valence-corrected chi connectivity index (χ4v) is 3.49. The van der Waals surface area contributed by atoms with Gasteiger partial charge in [-0.3, -0.25) is 9.59 Å². The van der Waals surface area contributed by atoms with Gasteiger partial charge in [0, 0.05) is 34.3 Å². The number of benzene rings is 2. The lowest BCUT2D eigenvalue weighted by Crippen LogP contribution is -2.27. The molecule has 3 aromatic rings. The highest BCUT2D eigenvalue weighted by atomic mass is 35.5. The highest BCUT2D eigenvalue weighted by Gasteiger charge is 2.21. The Kier molecular flexibility index (Phi) is 6.63. The quantitative estimate of drug-likeness (QED) is 0.424. The molecule has 6 nitrogen and oxygen atoms in total. The molecule has 1 amide bonds. The number of amides is 1. The average molecular weight is 443 g/mol. The predicted octanol–water partition coefficient (Wildman–Crippen LogP) is 5.10. The number of ketones is 1. The summed E-state index contributed by atoms with van der Waals surface area (Å²) in [6, 6.07) is 14.3. The summed E-state index contributed by atoms with van der Waals surface area (Å²) in [6.45, 7) is 5.55. The van der Waals surface area contributed by atoms with Gasteiger partial charge < -0.3 is 9.88 Å². The van der Waals surface area contributed by atoms with Gasteiger partial charge >= 0.3 is 0 Å². The molecule has 0 aliphatic rings. The highest BCUT2D eigenvalue weighted by molar-refractivity contribution is 7.99. The smallest absolute Gasteiger partial charge is 0.229 e. The molecule has 0 aliphatic carbocycles. The molecule has 0 bridgehead atoms. The van der Waals surface area contributed by atoms with Gasteiger partial charge in [-0.05, 0) is 48.5 Å². The number of aromatic nitrogens is 3. The van der Waals surface area contributed by atoms with Crippen LogP contribution in [0.5, 0.6) is 0 Å². The van der Waals surface area contributed by atoms with Crippen molar-refractivity contribution in [3.8, 4) is 11.4 Å². The second kappa shape index (κ2) is 9.02. The van der Waals surface area contributed by atoms with Crippen molar-refractivity contribution in [3.63, 3.8) is 0 Å². The Morgan fingerprint density at radius 2 is 1.67 bits per heavy atom. The van der Waals surface area contributed by atoms with Crippen molar-refractivity contribution in [2.24, 2.45) is 12.5 Å². The normalized spacial score (nSPS) is 11.4. The molecule has 0 saturated carbocycles. The third-order valence-electron chi connectivity index (χ3n) is 4.42. The summed E-state index contributed by atoms with van der Waals surface area (Å²) in [7, 11) is 1.86. The van der Waals surface area contributed by atoms with E-state index in [1.54, 1.807) is 36.4 Å². The first-order chi connectivity index (χ1) is 14.1. The van der Waals surface area contributed by atoms with Crippen molar-refractivity contribution in [3.05, 3.63) is 59.1 Å². The lowest BCUT2D eigenvalue weighted by atomic mass is 9.95. The number of thioether (sulfide) groups is 1. The number of hydrogen-bond donors (Lipinski definition) is 1. The van der Waals surface area contributed by atoms with Crippen LogP contribution in [0.4, 0.5) is 5.69 Å². The second-order valence-corrected chi connectivity index (χ2v) is 9.24. The summed E-state index contributed by atoms with van der Waals surface area (Å²) in [5.41, 5.74) is 1.67. The van der Waals surface area contributed by atoms with Crippen LogP contribution < -0.4 is 5.32 Å². The van der Waals surface area contributed by atoms with Gasteiger partial charge in [0.1, 0.15) is 0 Å². The summed E-state index contributed by atoms with van der Waals surface area (Å²) < 4.78 is 1.85. The maximum absolute atomic E-state index is 12.6. The largest absolute Gasteiger partial charge is 0.326 e. The van der Waals surface area contributed by atoms with E-state index >= 15 is 0 Å². The predicted molar refractivity (Wildman–Crippen MR) is 121 cm³/mol. The first-order valence-corrected chi connectivity index (χ1v) is 10.7. The minimum absolute atomic E-state index is 0.0234. The Morgan fingerprint density at radius 1 is 1.03 bits per heavy atom. The summed E-state index contributed by atoms with van der Waals surface area (Å²) >= 11 is 7.27. The topological polar surface area (TPSA) is 76.9 Å². The summed E-state index contributed by atoms with van der Waals surface area (Å²) in [5, 5.41) is 12.6. The molecule has 0 atom stereocenters. The van der Waals surface area contributed by atoms with Crippen LogP contribution in [-0.2, 0) is 11.8 Å². The van der Waals surface area contributed by atoms with E-state index in [0.29, 0.717) is 27.3 Å². The van der Waals surface area contributed by atoms with Crippen LogP contribution >= 0.6 is 23.4 Å². The van der Waals surface area contributed by atoms with E-state index in [9.17, 15) is 9.59 Å². The number of nitrogens with zero attached hydrogens (tertiary/aromatic N) is 3. The maximum atomic E-state index is 12.6. The van der Waals surface area contributed by atoms with Gasteiger partial charge in [-0.25, -0.2) is 0 Å². The third-order valence-corrected chi connectivity index (χ3v) is 5.69. The van der Waals surface area contributed by atoms with Crippen LogP contribution in [-0.4, -0.2) is 32.2 Å². The van der Waals surface area contributed by atoms with Crippen LogP contribution in [0.2, 0.25) is 5.02 Å². The number of nitrogens with one attached hydrogen (secondary N) is 1. The molecule has 156 valence electrons. The second-order valence-electron chi connectivity index (χ2n) is 7.87. The summed E-state index contributed by atoms with van der Waals surface area (Å²) in [6.07, 6.45) is 0. The van der Waals surface area contributed by atoms with Crippen molar-refractivity contribution >= 4 is 40.7 Å². The van der Waals surface area contributed by atoms with Crippen LogP contribution in [0.3, 0.4) is 0 Å². The van der Waals surface area contributed by atoms with Gasteiger partial charge in [-0.1, -0.05) is 44.1 Å². The molecule has 0 aliphatic heterocycles. The Balaban J connectivity index is 1.62. The van der Waals surface area contributed by atoms with E-state index in [1.807, 2.05) is 44.5 Å². The van der Waals surface area contributed by atoms with Gasteiger partial charge in [0.05, 0.1) is 5.75 Å². The molecule has 0 fully saturated rings. The van der Waals surface area contributed by atoms with Gasteiger partial charge in [-0.2, -0.15) is 0 Å². The maximum Gasteiger partial charge on any atom is 0.229 e. The molecule has 0 spiro atoms. The lowest BCUT2D eigenvalue weighted by molar-refractivity contribution is -0.123. The molecular weight excluding hydrogens is 420 g/mol. The Labute approximate surface area is 185 Å². The van der Waals surface area contributed by atoms with E-state index < -0.39 is 5.41 Å². The number of rotatable bonds is 6. The molecule has 8 heteroatoms. The number of hydrogen-bond acceptors (Lipinski definition) is 5. The molecule has 3 rings (SSSR count). The van der Waals surface area contributed by atoms with Gasteiger partial charge in [0.15, 0.2) is 16.8 Å². The zero-order chi connectivity index (χ0) is 21.9. The number of carbonyl (C=O) groups is 2. The minimum atomic E-state index is -0.480. The molecule has 0 saturated heterocycles. The molecule has 1 N–H and O–H groups in total. The summed E-state index contributed by atoms with van der Waals surface area (Å²) in [5.74, 6) is 0.849. The molecule has 2 aromatic carbocycles. The Bertz CT molecular complexity index is 1050. The van der Waals surface area contributed by atoms with Crippen LogP contribution in [0.15, 0.2) is 53.7 Å². The van der Waals surface area contributed by atoms with E-state index in [0.717, 1.165) is 5.56 Å². The summed E-state index contributed by atoms with van der Waals surface area (Å²) in [4.78, 5) is 24.6. The zero-order valence-corrected chi connectivity index (χ0v) is 18.8. The molecule has 30 heavy (non-hydrogen) atoms. The Morgan fingerprint density at radius 3 is 2.27 bits per heavy atom. The first kappa shape index (κ1) is 22.1. The fraction of sp³-hybridized carbons (Fsp3) is 0.273. The Hall–Kier alpha value is -2.64. The molecule has 0 unspecified atom stereocenters. The van der Waals surface area contributed by atoms with E-state index in [2.05, 4.69) is 15.5 Å². The van der Waals surface area contributed by atoms with Crippen molar-refractivity contribution in [2.45, 2.75) is 25.9 Å². The standard InChI is InChI=1S/C22H23ClN4O2S/c1-22(2,3)20(29)24-17-11-7-14(8-12-17)18(28)13-30-21-26-25-19(27(21)4)15-5-9-16(23)10-6-15/h5-12H,13H2,1-4H3,(H,24,29). The average Bonchev–Trinajstić information content (AvgIpc) is 3.07. The van der Waals surface area contributed by atoms with Crippen molar-refractivity contribution in [1.29, 1.82) is 0 Å². The van der Waals surface area contributed by atoms with E-state index in [4.69, 9.17) is 11.6 Å². The first-order valence-electron chi connectivity index (χ1n) is 9.38. The van der Waals surface area contributed by atoms with E-state index in [1.165, 1.54) is 11.8 Å². The van der Waals surface area contributed by atoms with Crippen LogP contribution in [0.1, 0.15) is 31.1 Å². The van der Waals surface area contributed by atoms with Gasteiger partial charge in [0.2, 0.25) is 5.91 Å². The zero-order valence-electron chi connectivity index (χ0n) is 17.3. The van der Waals surface area contributed by atoms with E-state index in [-0.39, 0.29) is 17.4 Å². The number of Topliss-reactive ketones (excluding diaryl/α,β-unsaturated/α-hetero) is 1. The molecule has 0 radical (unpaired) electrons.